The Balaban J connectivity index is 1.87. The van der Waals surface area contributed by atoms with Gasteiger partial charge in [0, 0.05) is 10.7 Å². The number of nitrogens with one attached hydrogen (secondary N) is 2. The van der Waals surface area contributed by atoms with Crippen molar-refractivity contribution >= 4 is 67.2 Å². The summed E-state index contributed by atoms with van der Waals surface area (Å²) in [5.41, 5.74) is 2.08. The van der Waals surface area contributed by atoms with Gasteiger partial charge in [0.25, 0.3) is 5.91 Å². The van der Waals surface area contributed by atoms with Crippen LogP contribution in [0.4, 0.5) is 5.69 Å². The molecule has 2 N–H and O–H groups in total. The molecule has 0 radical (unpaired) electrons. The summed E-state index contributed by atoms with van der Waals surface area (Å²) in [6, 6.07) is 14.9. The van der Waals surface area contributed by atoms with E-state index in [9.17, 15) is 4.79 Å². The highest BCUT2D eigenvalue weighted by Crippen LogP contribution is 2.36. The Morgan fingerprint density at radius 3 is 2.67 bits per heavy atom. The summed E-state index contributed by atoms with van der Waals surface area (Å²) in [6.07, 6.45) is 0. The molecule has 0 fully saturated rings. The minimum atomic E-state index is -0.365. The van der Waals surface area contributed by atoms with Crippen molar-refractivity contribution in [1.82, 2.24) is 5.32 Å². The second-order valence-corrected chi connectivity index (χ2v) is 7.50. The summed E-state index contributed by atoms with van der Waals surface area (Å²) >= 11 is 14.8. The van der Waals surface area contributed by atoms with Gasteiger partial charge in [-0.05, 0) is 69.6 Å². The standard InChI is InChI=1S/C20H16BrClN2O2S/c1-11-7-8-13(22)10-16(11)23-20(27)24-19(25)15-9-12-5-3-4-6-14(12)17(21)18(15)26-2/h3-10H,1-2H3,(H2,23,24,25,27). The van der Waals surface area contributed by atoms with E-state index in [1.54, 1.807) is 18.2 Å². The van der Waals surface area contributed by atoms with Crippen LogP contribution in [-0.4, -0.2) is 18.1 Å². The molecule has 0 bridgehead atoms. The molecule has 1 amide bonds. The monoisotopic (exact) mass is 462 g/mol. The highest BCUT2D eigenvalue weighted by molar-refractivity contribution is 9.10. The summed E-state index contributed by atoms with van der Waals surface area (Å²) in [6.45, 7) is 1.92. The van der Waals surface area contributed by atoms with E-state index in [0.29, 0.717) is 16.3 Å². The first-order valence-electron chi connectivity index (χ1n) is 8.04. The molecule has 3 aromatic carbocycles. The number of amides is 1. The van der Waals surface area contributed by atoms with Gasteiger partial charge in [-0.2, -0.15) is 0 Å². The summed E-state index contributed by atoms with van der Waals surface area (Å²) < 4.78 is 6.17. The third-order valence-corrected chi connectivity index (χ3v) is 5.29. The molecule has 4 nitrogen and oxygen atoms in total. The molecule has 0 aliphatic rings. The lowest BCUT2D eigenvalue weighted by Gasteiger charge is -2.15. The number of fused-ring (bicyclic) bond motifs is 1. The second kappa shape index (κ2) is 8.25. The second-order valence-electron chi connectivity index (χ2n) is 5.86. The van der Waals surface area contributed by atoms with Gasteiger partial charge in [0.05, 0.1) is 17.1 Å². The molecule has 0 atom stereocenters. The fraction of sp³-hybridized carbons (Fsp3) is 0.100. The maximum absolute atomic E-state index is 12.8. The van der Waals surface area contributed by atoms with Crippen molar-refractivity contribution in [1.29, 1.82) is 0 Å². The maximum Gasteiger partial charge on any atom is 0.261 e. The normalized spacial score (nSPS) is 10.5. The van der Waals surface area contributed by atoms with Crippen LogP contribution < -0.4 is 15.4 Å². The molecular formula is C20H16BrClN2O2S. The van der Waals surface area contributed by atoms with Crippen LogP contribution in [0.2, 0.25) is 5.02 Å². The van der Waals surface area contributed by atoms with Gasteiger partial charge in [0.1, 0.15) is 5.75 Å². The number of aryl methyl sites for hydroxylation is 1. The van der Waals surface area contributed by atoms with Gasteiger partial charge in [-0.1, -0.05) is 41.9 Å². The highest BCUT2D eigenvalue weighted by Gasteiger charge is 2.19. The molecule has 27 heavy (non-hydrogen) atoms. The number of rotatable bonds is 3. The number of hydrogen-bond acceptors (Lipinski definition) is 3. The Morgan fingerprint density at radius 2 is 1.93 bits per heavy atom. The fourth-order valence-electron chi connectivity index (χ4n) is 2.71. The number of ether oxygens (including phenoxy) is 1. The first-order valence-corrected chi connectivity index (χ1v) is 9.62. The third kappa shape index (κ3) is 4.24. The van der Waals surface area contributed by atoms with E-state index in [-0.39, 0.29) is 11.0 Å². The van der Waals surface area contributed by atoms with E-state index < -0.39 is 0 Å². The van der Waals surface area contributed by atoms with E-state index in [1.807, 2.05) is 37.3 Å². The van der Waals surface area contributed by atoms with Gasteiger partial charge in [0.15, 0.2) is 5.11 Å². The van der Waals surface area contributed by atoms with Crippen molar-refractivity contribution in [2.24, 2.45) is 0 Å². The number of carbonyl (C=O) groups is 1. The molecule has 3 rings (SSSR count). The average molecular weight is 464 g/mol. The molecule has 138 valence electrons. The first kappa shape index (κ1) is 19.6. The van der Waals surface area contributed by atoms with Crippen LogP contribution in [0.1, 0.15) is 15.9 Å². The van der Waals surface area contributed by atoms with Gasteiger partial charge in [-0.3, -0.25) is 10.1 Å². The highest BCUT2D eigenvalue weighted by atomic mass is 79.9. The third-order valence-electron chi connectivity index (χ3n) is 4.06. The van der Waals surface area contributed by atoms with E-state index in [0.717, 1.165) is 26.5 Å². The summed E-state index contributed by atoms with van der Waals surface area (Å²) in [5, 5.41) is 8.33. The summed E-state index contributed by atoms with van der Waals surface area (Å²) in [7, 11) is 1.53. The minimum Gasteiger partial charge on any atom is -0.495 e. The van der Waals surface area contributed by atoms with Crippen molar-refractivity contribution in [3.8, 4) is 5.75 Å². The molecular weight excluding hydrogens is 448 g/mol. The van der Waals surface area contributed by atoms with Crippen LogP contribution in [0.15, 0.2) is 53.0 Å². The quantitative estimate of drug-likeness (QED) is 0.489. The Labute approximate surface area is 176 Å². The van der Waals surface area contributed by atoms with E-state index in [2.05, 4.69) is 26.6 Å². The Hall–Kier alpha value is -2.15. The van der Waals surface area contributed by atoms with Crippen LogP contribution >= 0.6 is 39.7 Å². The number of carbonyl (C=O) groups excluding carboxylic acids is 1. The zero-order chi connectivity index (χ0) is 19.6. The van der Waals surface area contributed by atoms with Gasteiger partial charge in [-0.15, -0.1) is 0 Å². The molecule has 0 aliphatic carbocycles. The lowest BCUT2D eigenvalue weighted by molar-refractivity contribution is 0.0975. The van der Waals surface area contributed by atoms with E-state index in [1.165, 1.54) is 7.11 Å². The zero-order valence-corrected chi connectivity index (χ0v) is 17.8. The largest absolute Gasteiger partial charge is 0.495 e. The molecule has 0 heterocycles. The van der Waals surface area contributed by atoms with Crippen LogP contribution in [0, 0.1) is 6.92 Å². The van der Waals surface area contributed by atoms with Crippen molar-refractivity contribution in [2.45, 2.75) is 6.92 Å². The number of halogens is 2. The molecule has 0 saturated carbocycles. The smallest absolute Gasteiger partial charge is 0.261 e. The molecule has 0 aliphatic heterocycles. The number of thiocarbonyl (C=S) groups is 1. The maximum atomic E-state index is 12.8. The summed E-state index contributed by atoms with van der Waals surface area (Å²) in [5.74, 6) is 0.0865. The van der Waals surface area contributed by atoms with Gasteiger partial charge >= 0.3 is 0 Å². The Morgan fingerprint density at radius 1 is 1.19 bits per heavy atom. The van der Waals surface area contributed by atoms with Crippen molar-refractivity contribution in [3.63, 3.8) is 0 Å². The van der Waals surface area contributed by atoms with Crippen molar-refractivity contribution < 1.29 is 9.53 Å². The Bertz CT molecular complexity index is 1060. The minimum absolute atomic E-state index is 0.178. The number of benzene rings is 3. The lowest BCUT2D eigenvalue weighted by atomic mass is 10.1. The first-order chi connectivity index (χ1) is 12.9. The van der Waals surface area contributed by atoms with Gasteiger partial charge < -0.3 is 10.1 Å². The van der Waals surface area contributed by atoms with E-state index in [4.69, 9.17) is 28.6 Å². The topological polar surface area (TPSA) is 50.4 Å². The van der Waals surface area contributed by atoms with Crippen LogP contribution in [0.3, 0.4) is 0 Å². The number of hydrogen-bond donors (Lipinski definition) is 2. The fourth-order valence-corrected chi connectivity index (χ4v) is 3.82. The van der Waals surface area contributed by atoms with Crippen molar-refractivity contribution in [3.05, 3.63) is 69.2 Å². The molecule has 0 spiro atoms. The zero-order valence-electron chi connectivity index (χ0n) is 14.6. The number of anilines is 1. The molecule has 0 saturated heterocycles. The van der Waals surface area contributed by atoms with Crippen molar-refractivity contribution in [2.75, 3.05) is 12.4 Å². The predicted molar refractivity (Wildman–Crippen MR) is 118 cm³/mol. The van der Waals surface area contributed by atoms with Crippen LogP contribution in [-0.2, 0) is 0 Å². The van der Waals surface area contributed by atoms with E-state index >= 15 is 0 Å². The van der Waals surface area contributed by atoms with Crippen LogP contribution in [0.5, 0.6) is 5.75 Å². The van der Waals surface area contributed by atoms with Gasteiger partial charge in [0.2, 0.25) is 0 Å². The molecule has 0 unspecified atom stereocenters. The molecule has 0 aromatic heterocycles. The van der Waals surface area contributed by atoms with Gasteiger partial charge in [-0.25, -0.2) is 0 Å². The van der Waals surface area contributed by atoms with Crippen LogP contribution in [0.25, 0.3) is 10.8 Å². The number of methoxy groups -OCH3 is 1. The lowest BCUT2D eigenvalue weighted by Crippen LogP contribution is -2.34. The predicted octanol–water partition coefficient (Wildman–Crippen LogP) is 5.70. The average Bonchev–Trinajstić information content (AvgIpc) is 2.64. The molecule has 7 heteroatoms. The SMILES string of the molecule is COc1c(C(=O)NC(=S)Nc2cc(Cl)ccc2C)cc2ccccc2c1Br. The Kier molecular flexibility index (Phi) is 5.99. The summed E-state index contributed by atoms with van der Waals surface area (Å²) in [4.78, 5) is 12.8. The molecule has 3 aromatic rings.